The van der Waals surface area contributed by atoms with Crippen LogP contribution in [0.2, 0.25) is 0 Å². The molecule has 8 nitrogen and oxygen atoms in total. The summed E-state index contributed by atoms with van der Waals surface area (Å²) >= 11 is 0. The summed E-state index contributed by atoms with van der Waals surface area (Å²) in [5.41, 5.74) is 5.67. The molecule has 2 aromatic carbocycles. The second-order valence-electron chi connectivity index (χ2n) is 5.12. The van der Waals surface area contributed by atoms with Crippen molar-refractivity contribution in [2.75, 3.05) is 11.9 Å². The van der Waals surface area contributed by atoms with Crippen molar-refractivity contribution in [2.45, 2.75) is 6.92 Å². The highest BCUT2D eigenvalue weighted by molar-refractivity contribution is 5.95. The van der Waals surface area contributed by atoms with E-state index in [0.29, 0.717) is 11.3 Å². The first kappa shape index (κ1) is 17.9. The normalized spacial score (nSPS) is 10.0. The molecule has 0 saturated carbocycles. The Kier molecular flexibility index (Phi) is 5.62. The minimum atomic E-state index is -0.610. The molecule has 0 unspecified atom stereocenters. The highest BCUT2D eigenvalue weighted by atomic mass is 19.1. The third kappa shape index (κ3) is 4.99. The number of anilines is 1. The van der Waals surface area contributed by atoms with Gasteiger partial charge in [0.15, 0.2) is 0 Å². The number of carbonyl (C=O) groups excluding carboxylic acids is 2. The van der Waals surface area contributed by atoms with Crippen LogP contribution in [0.1, 0.15) is 15.9 Å². The molecule has 2 aromatic rings. The van der Waals surface area contributed by atoms with Crippen LogP contribution in [0.25, 0.3) is 0 Å². The van der Waals surface area contributed by atoms with E-state index in [4.69, 9.17) is 0 Å². The van der Waals surface area contributed by atoms with Crippen LogP contribution in [-0.2, 0) is 4.79 Å². The lowest BCUT2D eigenvalue weighted by Gasteiger charge is -2.11. The van der Waals surface area contributed by atoms with Crippen molar-refractivity contribution < 1.29 is 18.9 Å². The van der Waals surface area contributed by atoms with Crippen molar-refractivity contribution >= 4 is 23.2 Å². The van der Waals surface area contributed by atoms with Crippen LogP contribution >= 0.6 is 0 Å². The predicted octanol–water partition coefficient (Wildman–Crippen LogP) is 1.92. The van der Waals surface area contributed by atoms with Crippen LogP contribution in [0.3, 0.4) is 0 Å². The Morgan fingerprint density at radius 2 is 1.80 bits per heavy atom. The summed E-state index contributed by atoms with van der Waals surface area (Å²) < 4.78 is 13.0. The largest absolute Gasteiger partial charge is 0.376 e. The molecule has 0 bridgehead atoms. The molecule has 0 radical (unpaired) electrons. The van der Waals surface area contributed by atoms with Crippen LogP contribution < -0.4 is 16.2 Å². The maximum Gasteiger partial charge on any atom is 0.269 e. The number of rotatable bonds is 5. The van der Waals surface area contributed by atoms with Gasteiger partial charge in [0, 0.05) is 23.4 Å². The molecule has 2 rings (SSSR count). The van der Waals surface area contributed by atoms with Gasteiger partial charge in [-0.1, -0.05) is 0 Å². The number of halogens is 1. The molecular weight excluding hydrogens is 331 g/mol. The summed E-state index contributed by atoms with van der Waals surface area (Å²) in [6.07, 6.45) is 0. The molecule has 3 N–H and O–H groups in total. The average molecular weight is 346 g/mol. The summed E-state index contributed by atoms with van der Waals surface area (Å²) in [5, 5.41) is 13.4. The molecule has 0 spiro atoms. The molecule has 0 aromatic heterocycles. The van der Waals surface area contributed by atoms with Gasteiger partial charge in [0.25, 0.3) is 17.5 Å². The smallest absolute Gasteiger partial charge is 0.269 e. The third-order valence-electron chi connectivity index (χ3n) is 3.28. The van der Waals surface area contributed by atoms with Crippen LogP contribution in [0.5, 0.6) is 0 Å². The first-order valence-electron chi connectivity index (χ1n) is 7.20. The van der Waals surface area contributed by atoms with Crippen molar-refractivity contribution in [1.82, 2.24) is 10.9 Å². The first-order valence-corrected chi connectivity index (χ1v) is 7.20. The van der Waals surface area contributed by atoms with Gasteiger partial charge in [-0.25, -0.2) is 4.39 Å². The summed E-state index contributed by atoms with van der Waals surface area (Å²) in [6.45, 7) is 1.56. The molecule has 0 aliphatic carbocycles. The van der Waals surface area contributed by atoms with E-state index >= 15 is 0 Å². The fraction of sp³-hybridized carbons (Fsp3) is 0.125. The predicted molar refractivity (Wildman–Crippen MR) is 88.3 cm³/mol. The van der Waals surface area contributed by atoms with E-state index in [1.165, 1.54) is 42.5 Å². The van der Waals surface area contributed by atoms with E-state index in [-0.39, 0.29) is 23.6 Å². The fourth-order valence-corrected chi connectivity index (χ4v) is 1.98. The van der Waals surface area contributed by atoms with Crippen LogP contribution in [-0.4, -0.2) is 23.3 Å². The Hall–Kier alpha value is -3.49. The third-order valence-corrected chi connectivity index (χ3v) is 3.28. The van der Waals surface area contributed by atoms with Gasteiger partial charge in [0.1, 0.15) is 5.82 Å². The monoisotopic (exact) mass is 346 g/mol. The molecule has 9 heteroatoms. The Morgan fingerprint density at radius 3 is 2.40 bits per heavy atom. The number of benzene rings is 2. The number of nitrogens with zero attached hydrogens (tertiary/aromatic N) is 1. The van der Waals surface area contributed by atoms with Crippen molar-refractivity contribution in [3.05, 3.63) is 69.5 Å². The lowest BCUT2D eigenvalue weighted by molar-refractivity contribution is -0.384. The highest BCUT2D eigenvalue weighted by Crippen LogP contribution is 2.15. The lowest BCUT2D eigenvalue weighted by atomic mass is 10.2. The molecule has 2 amide bonds. The van der Waals surface area contributed by atoms with Crippen molar-refractivity contribution in [3.8, 4) is 0 Å². The van der Waals surface area contributed by atoms with E-state index in [1.54, 1.807) is 6.92 Å². The van der Waals surface area contributed by atoms with Gasteiger partial charge < -0.3 is 5.32 Å². The summed E-state index contributed by atoms with van der Waals surface area (Å²) in [7, 11) is 0. The van der Waals surface area contributed by atoms with Crippen molar-refractivity contribution in [2.24, 2.45) is 0 Å². The molecule has 0 aliphatic heterocycles. The topological polar surface area (TPSA) is 113 Å². The Balaban J connectivity index is 1.82. The number of aryl methyl sites for hydroxylation is 1. The van der Waals surface area contributed by atoms with Crippen LogP contribution in [0.15, 0.2) is 42.5 Å². The van der Waals surface area contributed by atoms with Crippen LogP contribution in [0.4, 0.5) is 15.8 Å². The number of nitro benzene ring substituents is 1. The maximum atomic E-state index is 13.0. The molecule has 0 heterocycles. The van der Waals surface area contributed by atoms with Gasteiger partial charge in [-0.3, -0.25) is 30.6 Å². The number of non-ortho nitro benzene ring substituents is 1. The molecule has 0 fully saturated rings. The highest BCUT2D eigenvalue weighted by Gasteiger charge is 2.10. The number of nitro groups is 1. The molecule has 25 heavy (non-hydrogen) atoms. The van der Waals surface area contributed by atoms with Gasteiger partial charge in [0.05, 0.1) is 11.5 Å². The van der Waals surface area contributed by atoms with Crippen molar-refractivity contribution in [3.63, 3.8) is 0 Å². The fourth-order valence-electron chi connectivity index (χ4n) is 1.98. The second-order valence-corrected chi connectivity index (χ2v) is 5.12. The zero-order valence-electron chi connectivity index (χ0n) is 13.2. The minimum absolute atomic E-state index is 0.132. The summed E-state index contributed by atoms with van der Waals surface area (Å²) in [4.78, 5) is 33.5. The quantitative estimate of drug-likeness (QED) is 0.565. The average Bonchev–Trinajstić information content (AvgIpc) is 2.59. The molecular formula is C16H15FN4O4. The van der Waals surface area contributed by atoms with Gasteiger partial charge in [-0.2, -0.15) is 0 Å². The maximum absolute atomic E-state index is 13.0. The van der Waals surface area contributed by atoms with E-state index in [0.717, 1.165) is 0 Å². The van der Waals surface area contributed by atoms with Gasteiger partial charge in [-0.05, 0) is 42.8 Å². The number of hydrogen-bond acceptors (Lipinski definition) is 5. The summed E-state index contributed by atoms with van der Waals surface area (Å²) in [6, 6.07) is 9.04. The van der Waals surface area contributed by atoms with Crippen LogP contribution in [0, 0.1) is 22.9 Å². The second kappa shape index (κ2) is 7.86. The van der Waals surface area contributed by atoms with Crippen molar-refractivity contribution in [1.29, 1.82) is 0 Å². The van der Waals surface area contributed by atoms with Gasteiger partial charge in [0.2, 0.25) is 0 Å². The molecule has 0 saturated heterocycles. The standard InChI is InChI=1S/C16H15FN4O4/c1-10-8-12(17)4-7-14(10)18-9-15(22)19-20-16(23)11-2-5-13(6-3-11)21(24)25/h2-8,18H,9H2,1H3,(H,19,22)(H,20,23). The van der Waals surface area contributed by atoms with E-state index in [2.05, 4.69) is 16.2 Å². The zero-order chi connectivity index (χ0) is 18.4. The zero-order valence-corrected chi connectivity index (χ0v) is 13.2. The van der Waals surface area contributed by atoms with E-state index < -0.39 is 16.7 Å². The number of amides is 2. The lowest BCUT2D eigenvalue weighted by Crippen LogP contribution is -2.44. The Bertz CT molecular complexity index is 808. The minimum Gasteiger partial charge on any atom is -0.376 e. The van der Waals surface area contributed by atoms with Gasteiger partial charge >= 0.3 is 0 Å². The number of carbonyl (C=O) groups is 2. The van der Waals surface area contributed by atoms with Gasteiger partial charge in [-0.15, -0.1) is 0 Å². The number of hydrazine groups is 1. The number of hydrogen-bond donors (Lipinski definition) is 3. The molecule has 130 valence electrons. The SMILES string of the molecule is Cc1cc(F)ccc1NCC(=O)NNC(=O)c1ccc([N+](=O)[O-])cc1. The molecule has 0 atom stereocenters. The Labute approximate surface area is 142 Å². The first-order chi connectivity index (χ1) is 11.9. The molecule has 0 aliphatic rings. The summed E-state index contributed by atoms with van der Waals surface area (Å²) in [5.74, 6) is -1.50. The number of nitrogens with one attached hydrogen (secondary N) is 3. The van der Waals surface area contributed by atoms with E-state index in [1.807, 2.05) is 0 Å². The van der Waals surface area contributed by atoms with E-state index in [9.17, 15) is 24.1 Å². The Morgan fingerprint density at radius 1 is 1.12 bits per heavy atom.